The van der Waals surface area contributed by atoms with Crippen molar-refractivity contribution in [1.82, 2.24) is 10.2 Å². The van der Waals surface area contributed by atoms with Gasteiger partial charge in [0.2, 0.25) is 0 Å². The lowest BCUT2D eigenvalue weighted by Gasteiger charge is -2.27. The van der Waals surface area contributed by atoms with E-state index in [1.165, 1.54) is 0 Å². The molecule has 5 rings (SSSR count). The molecule has 1 aliphatic rings. The van der Waals surface area contributed by atoms with Crippen LogP contribution in [-0.4, -0.2) is 10.2 Å². The SMILES string of the molecule is N#CC1=C(c2ccccc2)Nc2n[nH]c(-c3ccc(Br)cc3)c2C1c1ccc(Cl)cc1. The number of hydrogen-bond acceptors (Lipinski definition) is 3. The Labute approximate surface area is 193 Å². The van der Waals surface area contributed by atoms with E-state index in [-0.39, 0.29) is 5.92 Å². The maximum Gasteiger partial charge on any atom is 0.157 e. The molecular formula is C25H16BrClN4. The predicted molar refractivity (Wildman–Crippen MR) is 128 cm³/mol. The molecule has 0 fully saturated rings. The number of aromatic nitrogens is 2. The zero-order chi connectivity index (χ0) is 21.4. The van der Waals surface area contributed by atoms with Gasteiger partial charge in [-0.1, -0.05) is 82.1 Å². The first-order chi connectivity index (χ1) is 15.2. The molecule has 2 heterocycles. The Hall–Kier alpha value is -3.33. The largest absolute Gasteiger partial charge is 0.337 e. The lowest BCUT2D eigenvalue weighted by atomic mass is 9.80. The monoisotopic (exact) mass is 486 g/mol. The van der Waals surface area contributed by atoms with Crippen LogP contribution >= 0.6 is 27.5 Å². The fourth-order valence-electron chi connectivity index (χ4n) is 3.98. The van der Waals surface area contributed by atoms with Crippen LogP contribution in [0.25, 0.3) is 17.0 Å². The minimum atomic E-state index is -0.286. The van der Waals surface area contributed by atoms with Crippen LogP contribution in [0.15, 0.2) is 88.9 Å². The molecule has 1 unspecified atom stereocenters. The molecule has 6 heteroatoms. The van der Waals surface area contributed by atoms with Crippen LogP contribution in [-0.2, 0) is 0 Å². The lowest BCUT2D eigenvalue weighted by molar-refractivity contribution is 0.973. The summed E-state index contributed by atoms with van der Waals surface area (Å²) in [6.45, 7) is 0. The van der Waals surface area contributed by atoms with Crippen molar-refractivity contribution in [2.45, 2.75) is 5.92 Å². The quantitative estimate of drug-likeness (QED) is 0.327. The van der Waals surface area contributed by atoms with E-state index >= 15 is 0 Å². The fourth-order valence-corrected chi connectivity index (χ4v) is 4.37. The molecule has 31 heavy (non-hydrogen) atoms. The Kier molecular flexibility index (Phi) is 5.11. The van der Waals surface area contributed by atoms with Gasteiger partial charge in [-0.05, 0) is 41.0 Å². The van der Waals surface area contributed by atoms with E-state index in [2.05, 4.69) is 37.5 Å². The molecule has 1 atom stereocenters. The zero-order valence-electron chi connectivity index (χ0n) is 16.2. The van der Waals surface area contributed by atoms with E-state index in [9.17, 15) is 5.26 Å². The molecule has 150 valence electrons. The zero-order valence-corrected chi connectivity index (χ0v) is 18.6. The molecule has 0 saturated heterocycles. The minimum Gasteiger partial charge on any atom is -0.337 e. The highest BCUT2D eigenvalue weighted by atomic mass is 79.9. The molecule has 4 nitrogen and oxygen atoms in total. The predicted octanol–water partition coefficient (Wildman–Crippen LogP) is 6.98. The maximum absolute atomic E-state index is 10.3. The molecular weight excluding hydrogens is 472 g/mol. The normalized spacial score (nSPS) is 15.2. The van der Waals surface area contributed by atoms with E-state index in [1.807, 2.05) is 78.9 Å². The van der Waals surface area contributed by atoms with Crippen molar-refractivity contribution in [3.8, 4) is 17.3 Å². The summed E-state index contributed by atoms with van der Waals surface area (Å²) >= 11 is 9.65. The number of fused-ring (bicyclic) bond motifs is 1. The standard InChI is InChI=1S/C25H16BrClN4/c26-18-10-6-17(7-11-18)24-22-21(15-8-12-19(27)13-9-15)20(14-28)23(29-25(22)31-30-24)16-4-2-1-3-5-16/h1-13,21H,(H2,29,30,31). The summed E-state index contributed by atoms with van der Waals surface area (Å²) < 4.78 is 1.00. The molecule has 2 N–H and O–H groups in total. The highest BCUT2D eigenvalue weighted by molar-refractivity contribution is 9.10. The third kappa shape index (κ3) is 3.54. The first-order valence-corrected chi connectivity index (χ1v) is 10.9. The van der Waals surface area contributed by atoms with E-state index < -0.39 is 0 Å². The van der Waals surface area contributed by atoms with Crippen molar-refractivity contribution in [2.24, 2.45) is 0 Å². The first-order valence-electron chi connectivity index (χ1n) is 9.72. The summed E-state index contributed by atoms with van der Waals surface area (Å²) in [6.07, 6.45) is 0. The van der Waals surface area contributed by atoms with Gasteiger partial charge in [-0.3, -0.25) is 5.10 Å². The van der Waals surface area contributed by atoms with Crippen molar-refractivity contribution in [3.63, 3.8) is 0 Å². The second-order valence-electron chi connectivity index (χ2n) is 7.24. The van der Waals surface area contributed by atoms with Gasteiger partial charge in [-0.25, -0.2) is 0 Å². The van der Waals surface area contributed by atoms with Gasteiger partial charge in [0.25, 0.3) is 0 Å². The average Bonchev–Trinajstić information content (AvgIpc) is 3.23. The maximum atomic E-state index is 10.3. The lowest BCUT2D eigenvalue weighted by Crippen LogP contribution is -2.17. The number of allylic oxidation sites excluding steroid dienone is 1. The van der Waals surface area contributed by atoms with Gasteiger partial charge in [0.15, 0.2) is 5.82 Å². The summed E-state index contributed by atoms with van der Waals surface area (Å²) in [5.41, 5.74) is 6.16. The Morgan fingerprint density at radius 3 is 2.29 bits per heavy atom. The summed E-state index contributed by atoms with van der Waals surface area (Å²) in [7, 11) is 0. The van der Waals surface area contributed by atoms with Crippen molar-refractivity contribution in [1.29, 1.82) is 5.26 Å². The van der Waals surface area contributed by atoms with Crippen molar-refractivity contribution >= 4 is 39.0 Å². The summed E-state index contributed by atoms with van der Waals surface area (Å²) in [5, 5.41) is 22.1. The van der Waals surface area contributed by atoms with E-state index in [0.29, 0.717) is 10.6 Å². The highest BCUT2D eigenvalue weighted by Crippen LogP contribution is 2.47. The number of nitrogens with zero attached hydrogens (tertiary/aromatic N) is 2. The number of rotatable bonds is 3. The third-order valence-corrected chi connectivity index (χ3v) is 6.19. The molecule has 0 bridgehead atoms. The van der Waals surface area contributed by atoms with Crippen LogP contribution in [0.3, 0.4) is 0 Å². The number of halogens is 2. The molecule has 3 aromatic carbocycles. The smallest absolute Gasteiger partial charge is 0.157 e. The number of benzene rings is 3. The van der Waals surface area contributed by atoms with Gasteiger partial charge in [0, 0.05) is 15.1 Å². The number of nitrogens with one attached hydrogen (secondary N) is 2. The Bertz CT molecular complexity index is 1320. The Morgan fingerprint density at radius 1 is 0.903 bits per heavy atom. The van der Waals surface area contributed by atoms with Crippen molar-refractivity contribution in [2.75, 3.05) is 5.32 Å². The molecule has 1 aliphatic heterocycles. The van der Waals surface area contributed by atoms with Gasteiger partial charge in [0.1, 0.15) is 0 Å². The second kappa shape index (κ2) is 8.07. The molecule has 0 amide bonds. The van der Waals surface area contributed by atoms with Crippen LogP contribution in [0.4, 0.5) is 5.82 Å². The van der Waals surface area contributed by atoms with Crippen LogP contribution < -0.4 is 5.32 Å². The van der Waals surface area contributed by atoms with Gasteiger partial charge < -0.3 is 5.32 Å². The topological polar surface area (TPSA) is 64.5 Å². The van der Waals surface area contributed by atoms with Crippen LogP contribution in [0.2, 0.25) is 5.02 Å². The van der Waals surface area contributed by atoms with Gasteiger partial charge in [0.05, 0.1) is 29.0 Å². The van der Waals surface area contributed by atoms with E-state index in [1.54, 1.807) is 0 Å². The van der Waals surface area contributed by atoms with Gasteiger partial charge in [-0.15, -0.1) is 0 Å². The number of anilines is 1. The summed E-state index contributed by atoms with van der Waals surface area (Å²) in [6, 6.07) is 28.0. The fraction of sp³-hybridized carbons (Fsp3) is 0.0400. The Balaban J connectivity index is 1.76. The second-order valence-corrected chi connectivity index (χ2v) is 8.60. The molecule has 1 aromatic heterocycles. The van der Waals surface area contributed by atoms with Crippen molar-refractivity contribution in [3.05, 3.63) is 111 Å². The third-order valence-electron chi connectivity index (χ3n) is 5.41. The number of hydrogen-bond donors (Lipinski definition) is 2. The van der Waals surface area contributed by atoms with Crippen LogP contribution in [0.1, 0.15) is 22.6 Å². The summed E-state index contributed by atoms with van der Waals surface area (Å²) in [5.74, 6) is 0.432. The molecule has 0 spiro atoms. The number of H-pyrrole nitrogens is 1. The van der Waals surface area contributed by atoms with Crippen LogP contribution in [0.5, 0.6) is 0 Å². The van der Waals surface area contributed by atoms with E-state index in [4.69, 9.17) is 11.6 Å². The highest BCUT2D eigenvalue weighted by Gasteiger charge is 2.34. The average molecular weight is 488 g/mol. The van der Waals surface area contributed by atoms with Crippen molar-refractivity contribution < 1.29 is 0 Å². The molecule has 0 aliphatic carbocycles. The molecule has 0 saturated carbocycles. The van der Waals surface area contributed by atoms with Crippen LogP contribution in [0, 0.1) is 11.3 Å². The van der Waals surface area contributed by atoms with E-state index in [0.717, 1.165) is 43.9 Å². The summed E-state index contributed by atoms with van der Waals surface area (Å²) in [4.78, 5) is 0. The van der Waals surface area contributed by atoms with Gasteiger partial charge >= 0.3 is 0 Å². The Morgan fingerprint density at radius 2 is 1.61 bits per heavy atom. The number of aromatic amines is 1. The molecule has 4 aromatic rings. The number of nitriles is 1. The first kappa shape index (κ1) is 19.6. The van der Waals surface area contributed by atoms with Gasteiger partial charge in [-0.2, -0.15) is 10.4 Å². The molecule has 0 radical (unpaired) electrons. The minimum absolute atomic E-state index is 0.286.